The smallest absolute Gasteiger partial charge is 0.403 e. The number of benzene rings is 4. The second kappa shape index (κ2) is 16.1. The highest BCUT2D eigenvalue weighted by molar-refractivity contribution is 6.45. The van der Waals surface area contributed by atoms with E-state index in [1.165, 1.54) is 0 Å². The van der Waals surface area contributed by atoms with E-state index in [0.717, 1.165) is 47.8 Å². The summed E-state index contributed by atoms with van der Waals surface area (Å²) in [4.78, 5) is 13.0. The average Bonchev–Trinajstić information content (AvgIpc) is 3.70. The van der Waals surface area contributed by atoms with Crippen LogP contribution >= 0.6 is 0 Å². The highest BCUT2D eigenvalue weighted by Crippen LogP contribution is 2.41. The van der Waals surface area contributed by atoms with Crippen LogP contribution in [0, 0.1) is 0 Å². The van der Waals surface area contributed by atoms with Crippen molar-refractivity contribution in [2.75, 3.05) is 0 Å². The molecule has 1 aliphatic rings. The lowest BCUT2D eigenvalue weighted by molar-refractivity contribution is -0.121. The molecule has 6 rings (SSSR count). The third-order valence-electron chi connectivity index (χ3n) is 10.3. The number of rotatable bonds is 16. The molecular weight excluding hydrogens is 635 g/mol. The predicted octanol–water partition coefficient (Wildman–Crippen LogP) is 7.26. The highest BCUT2D eigenvalue weighted by atomic mass is 16.7. The fourth-order valence-corrected chi connectivity index (χ4v) is 6.80. The Morgan fingerprint density at radius 1 is 0.765 bits per heavy atom. The van der Waals surface area contributed by atoms with E-state index < -0.39 is 5.54 Å². The van der Waals surface area contributed by atoms with E-state index in [0.29, 0.717) is 18.9 Å². The SMILES string of the molecule is CC1(C)OB(CCCCC(NC(c2ccccc2)(c2ccccc2)c2ccccc2)c2nnnn2CCC(=O)NCc2ccccc2)OC1(C)C. The topological polar surface area (TPSA) is 103 Å². The van der Waals surface area contributed by atoms with Crippen molar-refractivity contribution in [3.05, 3.63) is 149 Å². The summed E-state index contributed by atoms with van der Waals surface area (Å²) in [6.07, 6.45) is 3.55. The summed E-state index contributed by atoms with van der Waals surface area (Å²) in [7, 11) is -0.252. The van der Waals surface area contributed by atoms with Crippen molar-refractivity contribution in [2.24, 2.45) is 0 Å². The molecular formula is C41H49BN6O3. The zero-order valence-electron chi connectivity index (χ0n) is 30.2. The Labute approximate surface area is 302 Å². The van der Waals surface area contributed by atoms with E-state index in [-0.39, 0.29) is 36.7 Å². The lowest BCUT2D eigenvalue weighted by Gasteiger charge is -2.40. The van der Waals surface area contributed by atoms with Crippen LogP contribution in [0.15, 0.2) is 121 Å². The van der Waals surface area contributed by atoms with Crippen LogP contribution in [-0.4, -0.2) is 44.4 Å². The summed E-state index contributed by atoms with van der Waals surface area (Å²) in [6, 6.07) is 41.3. The normalized spacial score (nSPS) is 15.8. The molecule has 0 radical (unpaired) electrons. The monoisotopic (exact) mass is 684 g/mol. The Bertz CT molecular complexity index is 1710. The molecule has 0 bridgehead atoms. The van der Waals surface area contributed by atoms with Crippen molar-refractivity contribution < 1.29 is 14.1 Å². The molecule has 2 N–H and O–H groups in total. The Hall–Kier alpha value is -4.64. The van der Waals surface area contributed by atoms with E-state index in [1.54, 1.807) is 4.68 Å². The first kappa shape index (κ1) is 36.2. The Balaban J connectivity index is 1.29. The summed E-state index contributed by atoms with van der Waals surface area (Å²) in [6.45, 7) is 9.18. The van der Waals surface area contributed by atoms with Gasteiger partial charge in [-0.15, -0.1) is 5.10 Å². The lowest BCUT2D eigenvalue weighted by Crippen LogP contribution is -2.47. The minimum Gasteiger partial charge on any atom is -0.403 e. The fourth-order valence-electron chi connectivity index (χ4n) is 6.80. The number of hydrogen-bond donors (Lipinski definition) is 2. The van der Waals surface area contributed by atoms with Gasteiger partial charge in [0, 0.05) is 13.0 Å². The standard InChI is InChI=1S/C41H49BN6O3/c1-39(2)40(3,4)51-42(50-39)29-18-17-27-36(38-45-46-47-48(38)30-28-37(49)43-31-32-19-9-5-10-20-32)44-41(33-21-11-6-12-22-33,34-23-13-7-14-24-34)35-25-15-8-16-26-35/h5-16,19-26,36,44H,17-18,27-31H2,1-4H3,(H,43,49). The van der Waals surface area contributed by atoms with Gasteiger partial charge in [0.15, 0.2) is 5.82 Å². The first-order valence-electron chi connectivity index (χ1n) is 18.0. The number of nitrogens with one attached hydrogen (secondary N) is 2. The Morgan fingerprint density at radius 3 is 1.80 bits per heavy atom. The molecule has 1 saturated heterocycles. The number of carbonyl (C=O) groups excluding carboxylic acids is 1. The quantitative estimate of drug-likeness (QED) is 0.0641. The number of nitrogens with zero attached hydrogens (tertiary/aromatic N) is 4. The number of amides is 1. The third kappa shape index (κ3) is 8.47. The minimum absolute atomic E-state index is 0.0561. The number of hydrogen-bond acceptors (Lipinski definition) is 7. The number of aryl methyl sites for hydroxylation is 1. The number of unbranched alkanes of at least 4 members (excludes halogenated alkanes) is 1. The summed E-state index contributed by atoms with van der Waals surface area (Å²) in [5.74, 6) is 0.632. The van der Waals surface area contributed by atoms with Gasteiger partial charge in [0.25, 0.3) is 0 Å². The number of tetrazole rings is 1. The molecule has 2 heterocycles. The maximum atomic E-state index is 13.0. The van der Waals surface area contributed by atoms with Gasteiger partial charge in [0.2, 0.25) is 5.91 Å². The van der Waals surface area contributed by atoms with Gasteiger partial charge < -0.3 is 14.6 Å². The van der Waals surface area contributed by atoms with Crippen molar-refractivity contribution >= 4 is 13.0 Å². The van der Waals surface area contributed by atoms with Crippen molar-refractivity contribution in [3.8, 4) is 0 Å². The van der Waals surface area contributed by atoms with Crippen LogP contribution in [0.25, 0.3) is 0 Å². The predicted molar refractivity (Wildman–Crippen MR) is 201 cm³/mol. The maximum absolute atomic E-state index is 13.0. The summed E-state index contributed by atoms with van der Waals surface area (Å²) < 4.78 is 14.4. The molecule has 0 saturated carbocycles. The second-order valence-electron chi connectivity index (χ2n) is 14.3. The first-order chi connectivity index (χ1) is 24.7. The van der Waals surface area contributed by atoms with Gasteiger partial charge in [0.1, 0.15) is 0 Å². The van der Waals surface area contributed by atoms with Gasteiger partial charge in [0.05, 0.1) is 29.3 Å². The average molecular weight is 685 g/mol. The molecule has 1 aliphatic heterocycles. The van der Waals surface area contributed by atoms with Crippen molar-refractivity contribution in [1.82, 2.24) is 30.8 Å². The van der Waals surface area contributed by atoms with E-state index >= 15 is 0 Å². The van der Waals surface area contributed by atoms with E-state index in [4.69, 9.17) is 9.31 Å². The van der Waals surface area contributed by atoms with Crippen LogP contribution in [0.2, 0.25) is 6.32 Å². The minimum atomic E-state index is -0.732. The molecule has 264 valence electrons. The fraction of sp³-hybridized carbons (Fsp3) is 0.366. The van der Waals surface area contributed by atoms with Gasteiger partial charge in [-0.2, -0.15) is 0 Å². The molecule has 9 nitrogen and oxygen atoms in total. The number of carbonyl (C=O) groups is 1. The van der Waals surface area contributed by atoms with Gasteiger partial charge in [-0.05, 0) is 73.1 Å². The van der Waals surface area contributed by atoms with E-state index in [1.807, 2.05) is 48.5 Å². The first-order valence-corrected chi connectivity index (χ1v) is 18.0. The molecule has 1 amide bonds. The molecule has 4 aromatic carbocycles. The van der Waals surface area contributed by atoms with Gasteiger partial charge in [-0.1, -0.05) is 134 Å². The molecule has 1 unspecified atom stereocenters. The molecule has 5 aromatic rings. The molecule has 1 aromatic heterocycles. The van der Waals surface area contributed by atoms with Crippen molar-refractivity contribution in [3.63, 3.8) is 0 Å². The molecule has 10 heteroatoms. The van der Waals surface area contributed by atoms with E-state index in [9.17, 15) is 4.79 Å². The van der Waals surface area contributed by atoms with Crippen LogP contribution in [-0.2, 0) is 32.7 Å². The lowest BCUT2D eigenvalue weighted by atomic mass is 9.76. The summed E-state index contributed by atoms with van der Waals surface area (Å²) in [5, 5.41) is 20.3. The highest BCUT2D eigenvalue weighted by Gasteiger charge is 2.50. The third-order valence-corrected chi connectivity index (χ3v) is 10.3. The molecule has 1 atom stereocenters. The second-order valence-corrected chi connectivity index (χ2v) is 14.3. The van der Waals surface area contributed by atoms with Gasteiger partial charge in [-0.25, -0.2) is 4.68 Å². The largest absolute Gasteiger partial charge is 0.457 e. The van der Waals surface area contributed by atoms with Gasteiger partial charge in [-0.3, -0.25) is 10.1 Å². The van der Waals surface area contributed by atoms with Crippen LogP contribution in [0.5, 0.6) is 0 Å². The molecule has 0 aliphatic carbocycles. The summed E-state index contributed by atoms with van der Waals surface area (Å²) in [5.41, 5.74) is 2.90. The van der Waals surface area contributed by atoms with Crippen LogP contribution in [0.3, 0.4) is 0 Å². The zero-order chi connectivity index (χ0) is 35.7. The number of aromatic nitrogens is 4. The molecule has 51 heavy (non-hydrogen) atoms. The molecule has 1 fully saturated rings. The molecule has 0 spiro atoms. The maximum Gasteiger partial charge on any atom is 0.457 e. The van der Waals surface area contributed by atoms with E-state index in [2.05, 4.69) is 127 Å². The van der Waals surface area contributed by atoms with Crippen molar-refractivity contribution in [2.45, 2.75) is 95.6 Å². The van der Waals surface area contributed by atoms with Crippen LogP contribution in [0.1, 0.15) is 87.5 Å². The van der Waals surface area contributed by atoms with Crippen LogP contribution in [0.4, 0.5) is 0 Å². The van der Waals surface area contributed by atoms with Crippen LogP contribution < -0.4 is 10.6 Å². The summed E-state index contributed by atoms with van der Waals surface area (Å²) >= 11 is 0. The Morgan fingerprint density at radius 2 is 1.27 bits per heavy atom. The van der Waals surface area contributed by atoms with Crippen molar-refractivity contribution in [1.29, 1.82) is 0 Å². The van der Waals surface area contributed by atoms with Gasteiger partial charge >= 0.3 is 7.12 Å². The zero-order valence-corrected chi connectivity index (χ0v) is 30.2. The Kier molecular flexibility index (Phi) is 11.4.